The van der Waals surface area contributed by atoms with Crippen LogP contribution in [-0.4, -0.2) is 41.0 Å². The Balaban J connectivity index is 4.87. The Labute approximate surface area is 109 Å². The van der Waals surface area contributed by atoms with Crippen LogP contribution < -0.4 is 5.32 Å². The molecule has 0 radical (unpaired) electrons. The summed E-state index contributed by atoms with van der Waals surface area (Å²) < 4.78 is 0. The molecule has 0 aromatic rings. The first-order valence-electron chi connectivity index (χ1n) is 5.10. The molecule has 8 nitrogen and oxygen atoms in total. The van der Waals surface area contributed by atoms with Gasteiger partial charge in [0, 0.05) is 11.1 Å². The highest BCUT2D eigenvalue weighted by Crippen LogP contribution is 2.03. The Morgan fingerprint density at radius 2 is 1.58 bits per heavy atom. The number of urea groups is 1. The van der Waals surface area contributed by atoms with Crippen LogP contribution in [0.1, 0.15) is 13.8 Å². The number of nitriles is 2. The molecule has 100 valence electrons. The first-order valence-corrected chi connectivity index (χ1v) is 5.10. The zero-order valence-corrected chi connectivity index (χ0v) is 10.4. The van der Waals surface area contributed by atoms with Gasteiger partial charge in [-0.3, -0.25) is 15.0 Å². The van der Waals surface area contributed by atoms with Gasteiger partial charge in [-0.1, -0.05) is 0 Å². The van der Waals surface area contributed by atoms with E-state index >= 15 is 0 Å². The number of imide groups is 1. The summed E-state index contributed by atoms with van der Waals surface area (Å²) in [7, 11) is 0. The highest BCUT2D eigenvalue weighted by Gasteiger charge is 2.19. The van der Waals surface area contributed by atoms with Crippen molar-refractivity contribution < 1.29 is 19.5 Å². The molecule has 0 heterocycles. The molecule has 0 saturated carbocycles. The van der Waals surface area contributed by atoms with Gasteiger partial charge < -0.3 is 5.11 Å². The molecule has 0 fully saturated rings. The number of hydrogen-bond acceptors (Lipinski definition) is 5. The molecular formula is C11H12N4O4. The van der Waals surface area contributed by atoms with Gasteiger partial charge in [-0.15, -0.1) is 0 Å². The molecule has 0 unspecified atom stereocenters. The van der Waals surface area contributed by atoms with E-state index in [0.29, 0.717) is 0 Å². The van der Waals surface area contributed by atoms with Crippen molar-refractivity contribution in [3.05, 3.63) is 11.1 Å². The fourth-order valence-corrected chi connectivity index (χ4v) is 0.971. The molecule has 0 rings (SSSR count). The SMILES string of the molecule is CC(C(=O)O)=C(C)C(=O)NC(=O)N(CC#N)CC#N. The zero-order chi connectivity index (χ0) is 15.0. The van der Waals surface area contributed by atoms with Gasteiger partial charge in [0.15, 0.2) is 0 Å². The van der Waals surface area contributed by atoms with E-state index < -0.39 is 17.9 Å². The summed E-state index contributed by atoms with van der Waals surface area (Å²) in [6, 6.07) is 2.42. The van der Waals surface area contributed by atoms with Gasteiger partial charge in [-0.05, 0) is 13.8 Å². The molecule has 0 bridgehead atoms. The Bertz CT molecular complexity index is 494. The maximum atomic E-state index is 11.6. The largest absolute Gasteiger partial charge is 0.478 e. The molecule has 0 saturated heterocycles. The first kappa shape index (κ1) is 16.1. The second-order valence-electron chi connectivity index (χ2n) is 3.49. The number of carbonyl (C=O) groups is 3. The molecular weight excluding hydrogens is 252 g/mol. The first-order chi connectivity index (χ1) is 8.84. The fourth-order valence-electron chi connectivity index (χ4n) is 0.971. The van der Waals surface area contributed by atoms with Crippen molar-refractivity contribution in [1.29, 1.82) is 10.5 Å². The summed E-state index contributed by atoms with van der Waals surface area (Å²) in [6.07, 6.45) is 0. The van der Waals surface area contributed by atoms with Gasteiger partial charge in [-0.2, -0.15) is 10.5 Å². The average molecular weight is 264 g/mol. The molecule has 2 N–H and O–H groups in total. The number of nitrogens with zero attached hydrogens (tertiary/aromatic N) is 3. The molecule has 19 heavy (non-hydrogen) atoms. The summed E-state index contributed by atoms with van der Waals surface area (Å²) in [4.78, 5) is 34.6. The van der Waals surface area contributed by atoms with E-state index in [0.717, 1.165) is 4.90 Å². The average Bonchev–Trinajstić information content (AvgIpc) is 2.36. The normalized spacial score (nSPS) is 10.5. The lowest BCUT2D eigenvalue weighted by molar-refractivity contribution is -0.133. The summed E-state index contributed by atoms with van der Waals surface area (Å²) in [5, 5.41) is 27.5. The van der Waals surface area contributed by atoms with E-state index in [1.54, 1.807) is 12.1 Å². The lowest BCUT2D eigenvalue weighted by atomic mass is 10.1. The number of aliphatic carboxylic acids is 1. The number of rotatable bonds is 4. The van der Waals surface area contributed by atoms with Crippen molar-refractivity contribution in [1.82, 2.24) is 10.2 Å². The van der Waals surface area contributed by atoms with Gasteiger partial charge >= 0.3 is 12.0 Å². The van der Waals surface area contributed by atoms with Crippen LogP contribution in [0.15, 0.2) is 11.1 Å². The third kappa shape index (κ3) is 4.88. The van der Waals surface area contributed by atoms with Gasteiger partial charge in [0.1, 0.15) is 13.1 Å². The van der Waals surface area contributed by atoms with E-state index in [1.807, 2.05) is 5.32 Å². The lowest BCUT2D eigenvalue weighted by Crippen LogP contribution is -2.43. The van der Waals surface area contributed by atoms with Gasteiger partial charge in [0.2, 0.25) is 0 Å². The Hall–Kier alpha value is -2.87. The molecule has 3 amide bonds. The van der Waals surface area contributed by atoms with Crippen molar-refractivity contribution in [2.45, 2.75) is 13.8 Å². The van der Waals surface area contributed by atoms with Crippen LogP contribution in [0.3, 0.4) is 0 Å². The molecule has 0 atom stereocenters. The second kappa shape index (κ2) is 7.45. The van der Waals surface area contributed by atoms with Crippen molar-refractivity contribution >= 4 is 17.9 Å². The Morgan fingerprint density at radius 1 is 1.11 bits per heavy atom. The predicted molar refractivity (Wildman–Crippen MR) is 62.3 cm³/mol. The molecule has 0 aromatic carbocycles. The van der Waals surface area contributed by atoms with Crippen LogP contribution in [0.4, 0.5) is 4.79 Å². The number of carbonyl (C=O) groups excluding carboxylic acids is 2. The standard InChI is InChI=1S/C11H12N4O4/c1-7(8(2)10(17)18)9(16)14-11(19)15(5-3-12)6-4-13/h5-6H2,1-2H3,(H,17,18)(H,14,16,19). The van der Waals surface area contributed by atoms with E-state index in [2.05, 4.69) is 0 Å². The third-order valence-electron chi connectivity index (χ3n) is 2.25. The monoisotopic (exact) mass is 264 g/mol. The maximum Gasteiger partial charge on any atom is 0.331 e. The highest BCUT2D eigenvalue weighted by molar-refractivity contribution is 6.07. The number of nitrogens with one attached hydrogen (secondary N) is 1. The van der Waals surface area contributed by atoms with E-state index in [4.69, 9.17) is 15.6 Å². The lowest BCUT2D eigenvalue weighted by Gasteiger charge is -2.16. The van der Waals surface area contributed by atoms with E-state index in [-0.39, 0.29) is 24.2 Å². The minimum atomic E-state index is -1.27. The summed E-state index contributed by atoms with van der Waals surface area (Å²) in [6.45, 7) is 1.77. The van der Waals surface area contributed by atoms with Crippen molar-refractivity contribution in [3.63, 3.8) is 0 Å². The minimum absolute atomic E-state index is 0.130. The smallest absolute Gasteiger partial charge is 0.331 e. The molecule has 8 heteroatoms. The van der Waals surface area contributed by atoms with Crippen LogP contribution >= 0.6 is 0 Å². The number of carboxylic acids is 1. The van der Waals surface area contributed by atoms with Gasteiger partial charge in [-0.25, -0.2) is 9.59 Å². The van der Waals surface area contributed by atoms with Crippen molar-refractivity contribution in [3.8, 4) is 12.1 Å². The fraction of sp³-hybridized carbons (Fsp3) is 0.364. The number of hydrogen-bond donors (Lipinski definition) is 2. The summed E-state index contributed by atoms with van der Waals surface area (Å²) in [5.41, 5.74) is -0.327. The van der Waals surface area contributed by atoms with Crippen LogP contribution in [0.5, 0.6) is 0 Å². The minimum Gasteiger partial charge on any atom is -0.478 e. The molecule has 0 aliphatic rings. The third-order valence-corrected chi connectivity index (χ3v) is 2.25. The molecule has 0 aromatic heterocycles. The molecule has 0 spiro atoms. The van der Waals surface area contributed by atoms with Gasteiger partial charge in [0.25, 0.3) is 5.91 Å². The van der Waals surface area contributed by atoms with Gasteiger partial charge in [0.05, 0.1) is 12.1 Å². The molecule has 0 aliphatic heterocycles. The van der Waals surface area contributed by atoms with Crippen LogP contribution in [0, 0.1) is 22.7 Å². The van der Waals surface area contributed by atoms with Crippen molar-refractivity contribution in [2.75, 3.05) is 13.1 Å². The number of carboxylic acid groups (broad SMARTS) is 1. The topological polar surface area (TPSA) is 134 Å². The van der Waals surface area contributed by atoms with Crippen LogP contribution in [-0.2, 0) is 9.59 Å². The van der Waals surface area contributed by atoms with E-state index in [1.165, 1.54) is 13.8 Å². The number of amides is 3. The maximum absolute atomic E-state index is 11.6. The highest BCUT2D eigenvalue weighted by atomic mass is 16.4. The Morgan fingerprint density at radius 3 is 1.95 bits per heavy atom. The quantitative estimate of drug-likeness (QED) is 0.541. The van der Waals surface area contributed by atoms with E-state index in [9.17, 15) is 14.4 Å². The summed E-state index contributed by atoms with van der Waals surface area (Å²) in [5.74, 6) is -2.16. The Kier molecular flexibility index (Phi) is 6.33. The van der Waals surface area contributed by atoms with Crippen LogP contribution in [0.25, 0.3) is 0 Å². The van der Waals surface area contributed by atoms with Crippen molar-refractivity contribution in [2.24, 2.45) is 0 Å². The second-order valence-corrected chi connectivity index (χ2v) is 3.49. The van der Waals surface area contributed by atoms with Crippen LogP contribution in [0.2, 0.25) is 0 Å². The zero-order valence-electron chi connectivity index (χ0n) is 10.4. The molecule has 0 aliphatic carbocycles. The summed E-state index contributed by atoms with van der Waals surface area (Å²) >= 11 is 0. The predicted octanol–water partition coefficient (Wildman–Crippen LogP) is -0.00724.